The number of nitrogens with two attached hydrogens (primary N) is 1. The van der Waals surface area contributed by atoms with E-state index in [0.717, 1.165) is 0 Å². The molecule has 0 saturated heterocycles. The van der Waals surface area contributed by atoms with Crippen molar-refractivity contribution < 1.29 is 19.4 Å². The molecule has 0 saturated carbocycles. The smallest absolute Gasteiger partial charge is 0.333 e. The lowest BCUT2D eigenvalue weighted by molar-refractivity contribution is -0.142. The van der Waals surface area contributed by atoms with Gasteiger partial charge in [-0.3, -0.25) is 5.41 Å². The van der Waals surface area contributed by atoms with Gasteiger partial charge >= 0.3 is 5.97 Å². The number of nitrogens with one attached hydrogen (secondary N) is 2. The molecule has 0 aliphatic carbocycles. The number of methoxy groups -OCH3 is 2. The van der Waals surface area contributed by atoms with Crippen LogP contribution < -0.4 is 20.5 Å². The number of amidine groups is 1. The molecule has 1 atom stereocenters. The highest BCUT2D eigenvalue weighted by Gasteiger charge is 2.38. The average Bonchev–Trinajstić information content (AvgIpc) is 2.61. The fourth-order valence-electron chi connectivity index (χ4n) is 2.50. The largest absolute Gasteiger partial charge is 0.493 e. The third-order valence-corrected chi connectivity index (χ3v) is 4.69. The van der Waals surface area contributed by atoms with Gasteiger partial charge in [0.25, 0.3) is 0 Å². The minimum absolute atomic E-state index is 0.0554. The molecule has 0 spiro atoms. The highest BCUT2D eigenvalue weighted by Crippen LogP contribution is 2.39. The van der Waals surface area contributed by atoms with Crippen LogP contribution in [-0.2, 0) is 10.3 Å². The van der Waals surface area contributed by atoms with E-state index in [1.807, 2.05) is 0 Å². The highest BCUT2D eigenvalue weighted by molar-refractivity contribution is 9.10. The summed E-state index contributed by atoms with van der Waals surface area (Å²) in [6.07, 6.45) is 0. The van der Waals surface area contributed by atoms with Crippen molar-refractivity contribution in [1.82, 2.24) is 0 Å². The van der Waals surface area contributed by atoms with Crippen LogP contribution >= 0.6 is 15.9 Å². The second kappa shape index (κ2) is 7.65. The molecule has 26 heavy (non-hydrogen) atoms. The Bertz CT molecular complexity index is 839. The first kappa shape index (κ1) is 19.6. The van der Waals surface area contributed by atoms with Crippen LogP contribution in [-0.4, -0.2) is 31.1 Å². The van der Waals surface area contributed by atoms with E-state index in [-0.39, 0.29) is 5.84 Å². The first-order valence-electron chi connectivity index (χ1n) is 7.61. The van der Waals surface area contributed by atoms with Gasteiger partial charge in [-0.25, -0.2) is 4.79 Å². The number of ether oxygens (including phenoxy) is 2. The molecule has 0 bridgehead atoms. The summed E-state index contributed by atoms with van der Waals surface area (Å²) >= 11 is 3.42. The number of carboxylic acid groups (broad SMARTS) is 1. The molecule has 0 amide bonds. The number of carbonyl (C=O) groups is 1. The maximum Gasteiger partial charge on any atom is 0.333 e. The third-order valence-electron chi connectivity index (χ3n) is 4.03. The summed E-state index contributed by atoms with van der Waals surface area (Å²) in [5.41, 5.74) is 5.60. The Morgan fingerprint density at radius 1 is 1.19 bits per heavy atom. The van der Waals surface area contributed by atoms with E-state index in [9.17, 15) is 9.90 Å². The molecular formula is C18H20BrN3O4. The SMILES string of the molecule is COc1cc(Br)c(C(C)(Nc2ccc(C(=N)N)cc2)C(=O)O)cc1OC. The first-order chi connectivity index (χ1) is 12.2. The molecule has 0 aliphatic heterocycles. The second-order valence-corrected chi connectivity index (χ2v) is 6.59. The monoisotopic (exact) mass is 421 g/mol. The molecule has 0 radical (unpaired) electrons. The molecule has 8 heteroatoms. The number of aliphatic carboxylic acids is 1. The lowest BCUT2D eigenvalue weighted by Gasteiger charge is -2.29. The van der Waals surface area contributed by atoms with Crippen molar-refractivity contribution in [2.45, 2.75) is 12.5 Å². The van der Waals surface area contributed by atoms with Gasteiger partial charge in [0.05, 0.1) is 14.2 Å². The average molecular weight is 422 g/mol. The Kier molecular flexibility index (Phi) is 5.76. The summed E-state index contributed by atoms with van der Waals surface area (Å²) in [7, 11) is 3.00. The van der Waals surface area contributed by atoms with Crippen LogP contribution in [0.2, 0.25) is 0 Å². The molecule has 2 aromatic carbocycles. The summed E-state index contributed by atoms with van der Waals surface area (Å²) in [6.45, 7) is 1.56. The van der Waals surface area contributed by atoms with Gasteiger partial charge in [0.1, 0.15) is 5.84 Å². The van der Waals surface area contributed by atoms with E-state index < -0.39 is 11.5 Å². The fourth-order valence-corrected chi connectivity index (χ4v) is 3.21. The summed E-state index contributed by atoms with van der Waals surface area (Å²) in [6, 6.07) is 9.93. The van der Waals surface area contributed by atoms with Crippen LogP contribution in [0.1, 0.15) is 18.1 Å². The predicted molar refractivity (Wildman–Crippen MR) is 103 cm³/mol. The van der Waals surface area contributed by atoms with Gasteiger partial charge in [-0.1, -0.05) is 15.9 Å². The molecule has 7 nitrogen and oxygen atoms in total. The number of carboxylic acids is 1. The highest BCUT2D eigenvalue weighted by atomic mass is 79.9. The van der Waals surface area contributed by atoms with Gasteiger partial charge in [0.2, 0.25) is 0 Å². The van der Waals surface area contributed by atoms with Gasteiger partial charge in [0, 0.05) is 21.3 Å². The van der Waals surface area contributed by atoms with Gasteiger partial charge in [0.15, 0.2) is 17.0 Å². The topological polar surface area (TPSA) is 118 Å². The van der Waals surface area contributed by atoms with Crippen LogP contribution in [0.4, 0.5) is 5.69 Å². The minimum Gasteiger partial charge on any atom is -0.493 e. The first-order valence-corrected chi connectivity index (χ1v) is 8.40. The number of anilines is 1. The lowest BCUT2D eigenvalue weighted by atomic mass is 9.91. The van der Waals surface area contributed by atoms with Crippen molar-refractivity contribution in [3.05, 3.63) is 52.0 Å². The lowest BCUT2D eigenvalue weighted by Crippen LogP contribution is -2.40. The van der Waals surface area contributed by atoms with Gasteiger partial charge in [-0.2, -0.15) is 0 Å². The number of hydrogen-bond donors (Lipinski definition) is 4. The second-order valence-electron chi connectivity index (χ2n) is 5.73. The van der Waals surface area contributed by atoms with E-state index in [1.54, 1.807) is 43.3 Å². The normalized spacial score (nSPS) is 12.8. The van der Waals surface area contributed by atoms with E-state index in [2.05, 4.69) is 21.2 Å². The molecule has 0 aliphatic rings. The Balaban J connectivity index is 2.50. The van der Waals surface area contributed by atoms with Gasteiger partial charge in [-0.15, -0.1) is 0 Å². The van der Waals surface area contributed by atoms with Crippen molar-refractivity contribution in [3.8, 4) is 11.5 Å². The van der Waals surface area contributed by atoms with Crippen LogP contribution in [0.3, 0.4) is 0 Å². The Morgan fingerprint density at radius 2 is 1.73 bits per heavy atom. The van der Waals surface area contributed by atoms with Crippen molar-refractivity contribution in [1.29, 1.82) is 5.41 Å². The molecule has 0 aromatic heterocycles. The van der Waals surface area contributed by atoms with E-state index >= 15 is 0 Å². The fraction of sp³-hybridized carbons (Fsp3) is 0.222. The summed E-state index contributed by atoms with van der Waals surface area (Å²) < 4.78 is 11.1. The molecule has 5 N–H and O–H groups in total. The standard InChI is InChI=1S/C18H20BrN3O4/c1-18(17(23)24,22-11-6-4-10(5-7-11)16(20)21)12-8-14(25-2)15(26-3)9-13(12)19/h4-9,22H,1-3H3,(H3,20,21)(H,23,24). The molecule has 2 aromatic rings. The molecule has 138 valence electrons. The number of halogens is 1. The zero-order chi connectivity index (χ0) is 19.5. The zero-order valence-corrected chi connectivity index (χ0v) is 16.2. The summed E-state index contributed by atoms with van der Waals surface area (Å²) in [5, 5.41) is 20.4. The quantitative estimate of drug-likeness (QED) is 0.402. The maximum absolute atomic E-state index is 12.1. The van der Waals surface area contributed by atoms with E-state index in [1.165, 1.54) is 14.2 Å². The molecule has 1 unspecified atom stereocenters. The van der Waals surface area contributed by atoms with Crippen LogP contribution in [0.15, 0.2) is 40.9 Å². The van der Waals surface area contributed by atoms with Crippen LogP contribution in [0.5, 0.6) is 11.5 Å². The number of rotatable bonds is 7. The number of nitrogen functional groups attached to an aromatic ring is 1. The third kappa shape index (κ3) is 3.75. The minimum atomic E-state index is -1.45. The number of hydrogen-bond acceptors (Lipinski definition) is 5. The maximum atomic E-state index is 12.1. The van der Waals surface area contributed by atoms with E-state index in [4.69, 9.17) is 20.6 Å². The molecular weight excluding hydrogens is 402 g/mol. The van der Waals surface area contributed by atoms with Gasteiger partial charge in [-0.05, 0) is 43.3 Å². The molecule has 0 heterocycles. The van der Waals surface area contributed by atoms with Crippen LogP contribution in [0.25, 0.3) is 0 Å². The van der Waals surface area contributed by atoms with Gasteiger partial charge < -0.3 is 25.6 Å². The van der Waals surface area contributed by atoms with E-state index in [0.29, 0.717) is 32.8 Å². The van der Waals surface area contributed by atoms with Crippen molar-refractivity contribution in [2.75, 3.05) is 19.5 Å². The summed E-state index contributed by atoms with van der Waals surface area (Å²) in [4.78, 5) is 12.1. The Labute approximate surface area is 159 Å². The summed E-state index contributed by atoms with van der Waals surface area (Å²) in [5.74, 6) is -0.213. The molecule has 2 rings (SSSR count). The number of benzene rings is 2. The van der Waals surface area contributed by atoms with Crippen molar-refractivity contribution in [3.63, 3.8) is 0 Å². The molecule has 0 fully saturated rings. The zero-order valence-electron chi connectivity index (χ0n) is 14.6. The van der Waals surface area contributed by atoms with Crippen molar-refractivity contribution >= 4 is 33.4 Å². The predicted octanol–water partition coefficient (Wildman–Crippen LogP) is 3.16. The van der Waals surface area contributed by atoms with Crippen molar-refractivity contribution in [2.24, 2.45) is 5.73 Å². The Hall–Kier alpha value is -2.74. The van der Waals surface area contributed by atoms with Crippen LogP contribution in [0, 0.1) is 5.41 Å². The Morgan fingerprint density at radius 3 is 2.19 bits per heavy atom.